The van der Waals surface area contributed by atoms with Gasteiger partial charge in [0.2, 0.25) is 0 Å². The molecule has 0 aliphatic carbocycles. The van der Waals surface area contributed by atoms with E-state index in [9.17, 15) is 0 Å². The van der Waals surface area contributed by atoms with Crippen molar-refractivity contribution in [2.24, 2.45) is 5.84 Å². The second-order valence-electron chi connectivity index (χ2n) is 5.25. The molecule has 4 nitrogen and oxygen atoms in total. The highest BCUT2D eigenvalue weighted by atomic mass is 79.9. The van der Waals surface area contributed by atoms with Gasteiger partial charge in [-0.3, -0.25) is 10.8 Å². The second-order valence-corrected chi connectivity index (χ2v) is 6.10. The number of rotatable bonds is 5. The van der Waals surface area contributed by atoms with Crippen molar-refractivity contribution in [2.75, 3.05) is 0 Å². The van der Waals surface area contributed by atoms with Gasteiger partial charge >= 0.3 is 0 Å². The molecule has 1 heterocycles. The maximum Gasteiger partial charge on any atom is 0.138 e. The highest BCUT2D eigenvalue weighted by molar-refractivity contribution is 9.10. The van der Waals surface area contributed by atoms with E-state index < -0.39 is 0 Å². The molecule has 0 aliphatic rings. The molecule has 2 rings (SSSR count). The van der Waals surface area contributed by atoms with Crippen LogP contribution >= 0.6 is 15.9 Å². The van der Waals surface area contributed by atoms with E-state index in [-0.39, 0.29) is 12.1 Å². The number of nitrogens with one attached hydrogen (secondary N) is 1. The molecule has 0 saturated heterocycles. The summed E-state index contributed by atoms with van der Waals surface area (Å²) < 4.78 is 6.70. The van der Waals surface area contributed by atoms with Crippen LogP contribution in [0.2, 0.25) is 0 Å². The first-order chi connectivity index (χ1) is 10.0. The van der Waals surface area contributed by atoms with Gasteiger partial charge in [0.05, 0.1) is 18.3 Å². The molecular weight excluding hydrogens is 330 g/mol. The lowest BCUT2D eigenvalue weighted by Crippen LogP contribution is -2.29. The topological polar surface area (TPSA) is 60.2 Å². The molecule has 0 bridgehead atoms. The van der Waals surface area contributed by atoms with Crippen molar-refractivity contribution >= 4 is 15.9 Å². The van der Waals surface area contributed by atoms with Gasteiger partial charge in [0, 0.05) is 10.7 Å². The molecule has 112 valence electrons. The molecule has 1 atom stereocenters. The number of ether oxygens (including phenoxy) is 1. The van der Waals surface area contributed by atoms with Crippen LogP contribution in [0.15, 0.2) is 41.1 Å². The number of hydrogen-bond donors (Lipinski definition) is 2. The van der Waals surface area contributed by atoms with Gasteiger partial charge < -0.3 is 4.74 Å². The van der Waals surface area contributed by atoms with Gasteiger partial charge in [-0.25, -0.2) is 5.43 Å². The largest absolute Gasteiger partial charge is 0.489 e. The normalized spacial score (nSPS) is 12.5. The Balaban J connectivity index is 2.39. The Labute approximate surface area is 133 Å². The molecule has 3 N–H and O–H groups in total. The molecule has 0 spiro atoms. The highest BCUT2D eigenvalue weighted by Crippen LogP contribution is 2.30. The third-order valence-electron chi connectivity index (χ3n) is 3.07. The third-order valence-corrected chi connectivity index (χ3v) is 3.79. The zero-order valence-corrected chi connectivity index (χ0v) is 14.0. The van der Waals surface area contributed by atoms with Crippen molar-refractivity contribution in [3.8, 4) is 5.75 Å². The first-order valence-corrected chi connectivity index (χ1v) is 7.64. The number of nitrogens with two attached hydrogens (primary N) is 1. The predicted octanol–water partition coefficient (Wildman–Crippen LogP) is 3.49. The van der Waals surface area contributed by atoms with E-state index in [1.165, 1.54) is 5.56 Å². The van der Waals surface area contributed by atoms with E-state index in [2.05, 4.69) is 45.4 Å². The third kappa shape index (κ3) is 4.03. The molecule has 0 fully saturated rings. The van der Waals surface area contributed by atoms with Crippen LogP contribution in [0.1, 0.15) is 36.6 Å². The Bertz CT molecular complexity index is 616. The monoisotopic (exact) mass is 349 g/mol. The van der Waals surface area contributed by atoms with Gasteiger partial charge in [-0.15, -0.1) is 0 Å². The van der Waals surface area contributed by atoms with E-state index in [1.54, 1.807) is 12.4 Å². The molecule has 0 amide bonds. The second kappa shape index (κ2) is 7.02. The summed E-state index contributed by atoms with van der Waals surface area (Å²) >= 11 is 3.58. The minimum absolute atomic E-state index is 0.108. The summed E-state index contributed by atoms with van der Waals surface area (Å²) in [5.41, 5.74) is 6.07. The summed E-state index contributed by atoms with van der Waals surface area (Å²) in [5, 5.41) is 0. The van der Waals surface area contributed by atoms with Gasteiger partial charge in [0.25, 0.3) is 0 Å². The standard InChI is InChI=1S/C16H20BrN3O/c1-10(2)21-13-7-12(8-19-9-13)16(20-18)14-6-11(3)4-5-15(14)17/h4-10,16,20H,18H2,1-3H3. The number of hydrogen-bond acceptors (Lipinski definition) is 4. The van der Waals surface area contributed by atoms with E-state index >= 15 is 0 Å². The molecule has 1 unspecified atom stereocenters. The Morgan fingerprint density at radius 1 is 1.24 bits per heavy atom. The zero-order valence-electron chi connectivity index (χ0n) is 12.4. The minimum atomic E-state index is -0.150. The summed E-state index contributed by atoms with van der Waals surface area (Å²) in [6.07, 6.45) is 3.62. The van der Waals surface area contributed by atoms with Gasteiger partial charge in [0.1, 0.15) is 5.75 Å². The van der Waals surface area contributed by atoms with Crippen LogP contribution < -0.4 is 16.0 Å². The van der Waals surface area contributed by atoms with Gasteiger partial charge in [-0.1, -0.05) is 33.6 Å². The lowest BCUT2D eigenvalue weighted by atomic mass is 9.99. The minimum Gasteiger partial charge on any atom is -0.489 e. The Kier molecular flexibility index (Phi) is 5.33. The first kappa shape index (κ1) is 15.9. The predicted molar refractivity (Wildman–Crippen MR) is 88.0 cm³/mol. The number of benzene rings is 1. The summed E-state index contributed by atoms with van der Waals surface area (Å²) in [5.74, 6) is 6.51. The van der Waals surface area contributed by atoms with Crippen LogP contribution in [0, 0.1) is 6.92 Å². The lowest BCUT2D eigenvalue weighted by molar-refractivity contribution is 0.241. The smallest absolute Gasteiger partial charge is 0.138 e. The lowest BCUT2D eigenvalue weighted by Gasteiger charge is -2.20. The van der Waals surface area contributed by atoms with Crippen LogP contribution in [-0.2, 0) is 0 Å². The first-order valence-electron chi connectivity index (χ1n) is 6.85. The van der Waals surface area contributed by atoms with Crippen molar-refractivity contribution in [1.29, 1.82) is 0 Å². The van der Waals surface area contributed by atoms with E-state index in [0.717, 1.165) is 21.3 Å². The molecule has 1 aromatic carbocycles. The van der Waals surface area contributed by atoms with E-state index in [4.69, 9.17) is 10.6 Å². The number of aryl methyl sites for hydroxylation is 1. The van der Waals surface area contributed by atoms with Crippen molar-refractivity contribution in [2.45, 2.75) is 32.9 Å². The number of pyridine rings is 1. The Morgan fingerprint density at radius 3 is 2.67 bits per heavy atom. The number of halogens is 1. The molecule has 0 saturated carbocycles. The van der Waals surface area contributed by atoms with Crippen molar-refractivity contribution in [3.63, 3.8) is 0 Å². The van der Waals surface area contributed by atoms with Crippen molar-refractivity contribution in [3.05, 3.63) is 57.8 Å². The van der Waals surface area contributed by atoms with E-state index in [1.807, 2.05) is 26.0 Å². The summed E-state index contributed by atoms with van der Waals surface area (Å²) in [4.78, 5) is 4.25. The molecule has 0 radical (unpaired) electrons. The van der Waals surface area contributed by atoms with Crippen LogP contribution in [0.5, 0.6) is 5.75 Å². The average Bonchev–Trinajstić information content (AvgIpc) is 2.43. The summed E-state index contributed by atoms with van der Waals surface area (Å²) in [6, 6.07) is 7.99. The van der Waals surface area contributed by atoms with Gasteiger partial charge in [-0.2, -0.15) is 0 Å². The maximum absolute atomic E-state index is 5.77. The molecule has 1 aromatic heterocycles. The molecule has 0 aliphatic heterocycles. The summed E-state index contributed by atoms with van der Waals surface area (Å²) in [7, 11) is 0. The van der Waals surface area contributed by atoms with Crippen LogP contribution in [0.4, 0.5) is 0 Å². The zero-order chi connectivity index (χ0) is 15.4. The van der Waals surface area contributed by atoms with Crippen LogP contribution in [0.25, 0.3) is 0 Å². The van der Waals surface area contributed by atoms with Crippen LogP contribution in [-0.4, -0.2) is 11.1 Å². The fourth-order valence-corrected chi connectivity index (χ4v) is 2.66. The molecular formula is C16H20BrN3O. The quantitative estimate of drug-likeness (QED) is 0.640. The molecule has 5 heteroatoms. The molecule has 2 aromatic rings. The fourth-order valence-electron chi connectivity index (χ4n) is 2.18. The molecule has 21 heavy (non-hydrogen) atoms. The van der Waals surface area contributed by atoms with Gasteiger partial charge in [0.15, 0.2) is 0 Å². The van der Waals surface area contributed by atoms with Crippen molar-refractivity contribution < 1.29 is 4.74 Å². The van der Waals surface area contributed by atoms with E-state index in [0.29, 0.717) is 0 Å². The number of nitrogens with zero attached hydrogens (tertiary/aromatic N) is 1. The fraction of sp³-hybridized carbons (Fsp3) is 0.312. The Morgan fingerprint density at radius 2 is 2.00 bits per heavy atom. The van der Waals surface area contributed by atoms with Crippen LogP contribution in [0.3, 0.4) is 0 Å². The Hall–Kier alpha value is -1.43. The van der Waals surface area contributed by atoms with Gasteiger partial charge in [-0.05, 0) is 44.0 Å². The SMILES string of the molecule is Cc1ccc(Br)c(C(NN)c2cncc(OC(C)C)c2)c1. The van der Waals surface area contributed by atoms with Crippen molar-refractivity contribution in [1.82, 2.24) is 10.4 Å². The highest BCUT2D eigenvalue weighted by Gasteiger charge is 2.17. The maximum atomic E-state index is 5.77. The summed E-state index contributed by atoms with van der Waals surface area (Å²) in [6.45, 7) is 6.03. The number of hydrazine groups is 1. The number of aromatic nitrogens is 1. The average molecular weight is 350 g/mol.